The van der Waals surface area contributed by atoms with Crippen molar-refractivity contribution in [1.29, 1.82) is 5.26 Å². The number of nitrogen functional groups attached to an aromatic ring is 1. The number of nitriles is 1. The third-order valence-electron chi connectivity index (χ3n) is 5.15. The number of methoxy groups -OCH3 is 1. The molecule has 4 nitrogen and oxygen atoms in total. The molecule has 0 aliphatic rings. The van der Waals surface area contributed by atoms with Gasteiger partial charge in [-0.2, -0.15) is 5.26 Å². The van der Waals surface area contributed by atoms with Gasteiger partial charge in [0.05, 0.1) is 39.9 Å². The van der Waals surface area contributed by atoms with Gasteiger partial charge in [0.2, 0.25) is 0 Å². The fourth-order valence-corrected chi connectivity index (χ4v) is 5.39. The fraction of sp³-hybridized carbons (Fsp3) is 0.0400. The quantitative estimate of drug-likeness (QED) is 0.333. The van der Waals surface area contributed by atoms with Crippen LogP contribution in [0.3, 0.4) is 0 Å². The van der Waals surface area contributed by atoms with Gasteiger partial charge in [-0.1, -0.05) is 30.3 Å². The van der Waals surface area contributed by atoms with Gasteiger partial charge < -0.3 is 10.5 Å². The molecule has 0 atom stereocenters. The number of fused-ring (bicyclic) bond motifs is 1. The molecule has 5 rings (SSSR count). The molecular weight excluding hydrogens is 422 g/mol. The maximum atomic E-state index is 9.10. The van der Waals surface area contributed by atoms with Gasteiger partial charge in [-0.15, -0.1) is 22.7 Å². The van der Waals surface area contributed by atoms with Crippen LogP contribution in [0.25, 0.3) is 42.4 Å². The van der Waals surface area contributed by atoms with Crippen molar-refractivity contribution < 1.29 is 4.74 Å². The number of nitrogens with two attached hydrogens (primary N) is 1. The molecule has 2 N–H and O–H groups in total. The van der Waals surface area contributed by atoms with E-state index >= 15 is 0 Å². The number of hydrogen-bond acceptors (Lipinski definition) is 6. The van der Waals surface area contributed by atoms with E-state index in [-0.39, 0.29) is 0 Å². The van der Waals surface area contributed by atoms with Gasteiger partial charge in [-0.3, -0.25) is 0 Å². The highest BCUT2D eigenvalue weighted by Crippen LogP contribution is 2.46. The monoisotopic (exact) mass is 439 g/mol. The first-order valence-electron chi connectivity index (χ1n) is 9.60. The molecule has 0 unspecified atom stereocenters. The van der Waals surface area contributed by atoms with Crippen LogP contribution in [0.4, 0.5) is 5.69 Å². The molecule has 5 aromatic rings. The summed E-state index contributed by atoms with van der Waals surface area (Å²) in [5.74, 6) is 0.809. The molecule has 150 valence electrons. The molecule has 31 heavy (non-hydrogen) atoms. The molecule has 0 bridgehead atoms. The fourth-order valence-electron chi connectivity index (χ4n) is 3.58. The third kappa shape index (κ3) is 3.44. The minimum atomic E-state index is 0.625. The standard InChI is InChI=1S/C25H17N3OS2/c1-29-18-10-8-16(9-11-18)19-13-20(21-3-2-12-30-21)28-25-22(19)23(27)24(31-25)17-6-4-15(14-26)5-7-17/h2-13H,27H2,1H3. The second kappa shape index (κ2) is 7.88. The van der Waals surface area contributed by atoms with E-state index in [1.54, 1.807) is 29.8 Å². The number of aromatic nitrogens is 1. The SMILES string of the molecule is COc1ccc(-c2cc(-c3cccs3)nc3sc(-c4ccc(C#N)cc4)c(N)c23)cc1. The number of ether oxygens (including phenoxy) is 1. The van der Waals surface area contributed by atoms with Crippen LogP contribution in [-0.2, 0) is 0 Å². The van der Waals surface area contributed by atoms with E-state index in [0.29, 0.717) is 11.3 Å². The summed E-state index contributed by atoms with van der Waals surface area (Å²) in [6.07, 6.45) is 0. The Morgan fingerprint density at radius 1 is 1.00 bits per heavy atom. The molecule has 0 spiro atoms. The molecule has 3 heterocycles. The van der Waals surface area contributed by atoms with Gasteiger partial charge >= 0.3 is 0 Å². The van der Waals surface area contributed by atoms with Crippen LogP contribution in [0.5, 0.6) is 5.75 Å². The molecule has 2 aromatic carbocycles. The summed E-state index contributed by atoms with van der Waals surface area (Å²) >= 11 is 3.25. The van der Waals surface area contributed by atoms with Gasteiger partial charge in [0.1, 0.15) is 10.6 Å². The van der Waals surface area contributed by atoms with Crippen molar-refractivity contribution in [3.8, 4) is 44.0 Å². The van der Waals surface area contributed by atoms with Crippen LogP contribution >= 0.6 is 22.7 Å². The van der Waals surface area contributed by atoms with Crippen LogP contribution in [0.2, 0.25) is 0 Å². The topological polar surface area (TPSA) is 71.9 Å². The summed E-state index contributed by atoms with van der Waals surface area (Å²) in [6.45, 7) is 0. The first kappa shape index (κ1) is 19.3. The van der Waals surface area contributed by atoms with E-state index in [0.717, 1.165) is 48.1 Å². The first-order chi connectivity index (χ1) is 15.2. The summed E-state index contributed by atoms with van der Waals surface area (Å²) in [7, 11) is 1.66. The van der Waals surface area contributed by atoms with Crippen LogP contribution < -0.4 is 10.5 Å². The van der Waals surface area contributed by atoms with E-state index in [4.69, 9.17) is 20.7 Å². The number of thiophene rings is 2. The highest BCUT2D eigenvalue weighted by atomic mass is 32.1. The van der Waals surface area contributed by atoms with Crippen molar-refractivity contribution in [1.82, 2.24) is 4.98 Å². The Hall–Kier alpha value is -3.66. The Labute approximate surface area is 187 Å². The lowest BCUT2D eigenvalue weighted by molar-refractivity contribution is 0.415. The van der Waals surface area contributed by atoms with Gasteiger partial charge in [-0.05, 0) is 58.5 Å². The number of pyridine rings is 1. The zero-order valence-electron chi connectivity index (χ0n) is 16.6. The van der Waals surface area contributed by atoms with Crippen LogP contribution in [0.1, 0.15) is 5.56 Å². The van der Waals surface area contributed by atoms with Crippen molar-refractivity contribution in [2.24, 2.45) is 0 Å². The minimum Gasteiger partial charge on any atom is -0.497 e. The van der Waals surface area contributed by atoms with E-state index < -0.39 is 0 Å². The Morgan fingerprint density at radius 3 is 2.39 bits per heavy atom. The van der Waals surface area contributed by atoms with Gasteiger partial charge in [-0.25, -0.2) is 4.98 Å². The lowest BCUT2D eigenvalue weighted by atomic mass is 10.00. The highest BCUT2D eigenvalue weighted by molar-refractivity contribution is 7.22. The largest absolute Gasteiger partial charge is 0.497 e. The molecule has 0 aliphatic heterocycles. The first-order valence-corrected chi connectivity index (χ1v) is 11.3. The predicted molar refractivity (Wildman–Crippen MR) is 129 cm³/mol. The average Bonchev–Trinajstić information content (AvgIpc) is 3.47. The maximum Gasteiger partial charge on any atom is 0.127 e. The summed E-state index contributed by atoms with van der Waals surface area (Å²) in [6, 6.07) is 23.9. The second-order valence-electron chi connectivity index (χ2n) is 6.98. The Bertz CT molecular complexity index is 1410. The number of anilines is 1. The van der Waals surface area contributed by atoms with Gasteiger partial charge in [0.15, 0.2) is 0 Å². The number of hydrogen-bond donors (Lipinski definition) is 1. The molecule has 3 aromatic heterocycles. The average molecular weight is 440 g/mol. The number of benzene rings is 2. The van der Waals surface area contributed by atoms with Crippen molar-refractivity contribution in [3.63, 3.8) is 0 Å². The van der Waals surface area contributed by atoms with E-state index in [9.17, 15) is 0 Å². The maximum absolute atomic E-state index is 9.10. The zero-order chi connectivity index (χ0) is 21.4. The smallest absolute Gasteiger partial charge is 0.127 e. The molecule has 0 radical (unpaired) electrons. The van der Waals surface area contributed by atoms with E-state index in [1.807, 2.05) is 54.6 Å². The van der Waals surface area contributed by atoms with Crippen molar-refractivity contribution >= 4 is 38.6 Å². The summed E-state index contributed by atoms with van der Waals surface area (Å²) in [5.41, 5.74) is 12.0. The molecule has 0 amide bonds. The Morgan fingerprint density at radius 2 is 1.74 bits per heavy atom. The van der Waals surface area contributed by atoms with Gasteiger partial charge in [0.25, 0.3) is 0 Å². The Kier molecular flexibility index (Phi) is 4.91. The van der Waals surface area contributed by atoms with Crippen LogP contribution in [0.15, 0.2) is 72.1 Å². The van der Waals surface area contributed by atoms with E-state index in [2.05, 4.69) is 23.6 Å². The van der Waals surface area contributed by atoms with Crippen LogP contribution in [0, 0.1) is 11.3 Å². The highest BCUT2D eigenvalue weighted by Gasteiger charge is 2.19. The summed E-state index contributed by atoms with van der Waals surface area (Å²) in [5, 5.41) is 12.1. The molecule has 0 aliphatic carbocycles. The predicted octanol–water partition coefficient (Wildman–Crippen LogP) is 6.82. The molecular formula is C25H17N3OS2. The third-order valence-corrected chi connectivity index (χ3v) is 7.19. The van der Waals surface area contributed by atoms with Crippen molar-refractivity contribution in [2.45, 2.75) is 0 Å². The van der Waals surface area contributed by atoms with Crippen molar-refractivity contribution in [3.05, 3.63) is 77.7 Å². The second-order valence-corrected chi connectivity index (χ2v) is 8.92. The van der Waals surface area contributed by atoms with E-state index in [1.165, 1.54) is 0 Å². The normalized spacial score (nSPS) is 10.8. The molecule has 0 fully saturated rings. The summed E-state index contributed by atoms with van der Waals surface area (Å²) in [4.78, 5) is 7.92. The molecule has 0 saturated carbocycles. The Balaban J connectivity index is 1.76. The summed E-state index contributed by atoms with van der Waals surface area (Å²) < 4.78 is 5.32. The molecule has 0 saturated heterocycles. The number of nitrogens with zero attached hydrogens (tertiary/aromatic N) is 2. The lowest BCUT2D eigenvalue weighted by Gasteiger charge is -2.09. The number of rotatable bonds is 4. The van der Waals surface area contributed by atoms with Crippen LogP contribution in [-0.4, -0.2) is 12.1 Å². The zero-order valence-corrected chi connectivity index (χ0v) is 18.3. The van der Waals surface area contributed by atoms with Crippen molar-refractivity contribution in [2.75, 3.05) is 12.8 Å². The van der Waals surface area contributed by atoms with Gasteiger partial charge in [0, 0.05) is 5.39 Å². The molecule has 6 heteroatoms. The lowest BCUT2D eigenvalue weighted by Crippen LogP contribution is -1.91. The minimum absolute atomic E-state index is 0.625.